The fraction of sp³-hybridized carbons (Fsp3) is 0.208. The Balaban J connectivity index is 1.52. The number of aromatic nitrogens is 2. The van der Waals surface area contributed by atoms with Crippen LogP contribution in [0.15, 0.2) is 60.6 Å². The maximum absolute atomic E-state index is 13.0. The lowest BCUT2D eigenvalue weighted by Gasteiger charge is -2.12. The molecule has 3 aromatic rings. The van der Waals surface area contributed by atoms with E-state index in [2.05, 4.69) is 10.4 Å². The molecule has 1 aliphatic heterocycles. The van der Waals surface area contributed by atoms with Crippen molar-refractivity contribution in [3.63, 3.8) is 0 Å². The van der Waals surface area contributed by atoms with E-state index in [1.165, 1.54) is 4.90 Å². The van der Waals surface area contributed by atoms with Gasteiger partial charge in [-0.05, 0) is 55.0 Å². The number of nitrogens with one attached hydrogen (secondary N) is 1. The molecule has 2 heterocycles. The first kappa shape index (κ1) is 22.8. The predicted molar refractivity (Wildman–Crippen MR) is 131 cm³/mol. The minimum Gasteiger partial charge on any atom is -0.496 e. The number of carbonyl (C=O) groups is 1. The van der Waals surface area contributed by atoms with E-state index in [0.29, 0.717) is 33.9 Å². The third-order valence-electron chi connectivity index (χ3n) is 5.15. The van der Waals surface area contributed by atoms with Crippen molar-refractivity contribution >= 4 is 40.9 Å². The van der Waals surface area contributed by atoms with Crippen LogP contribution < -0.4 is 14.8 Å². The van der Waals surface area contributed by atoms with Crippen molar-refractivity contribution in [2.75, 3.05) is 7.11 Å². The van der Waals surface area contributed by atoms with Crippen molar-refractivity contribution in [2.45, 2.75) is 26.6 Å². The minimum atomic E-state index is -0.186. The maximum Gasteiger partial charge on any atom is 0.276 e. The summed E-state index contributed by atoms with van der Waals surface area (Å²) in [6.07, 6.45) is 5.42. The zero-order valence-corrected chi connectivity index (χ0v) is 19.8. The van der Waals surface area contributed by atoms with Crippen molar-refractivity contribution in [2.24, 2.45) is 0 Å². The van der Waals surface area contributed by atoms with Gasteiger partial charge in [-0.3, -0.25) is 14.4 Å². The van der Waals surface area contributed by atoms with Crippen molar-refractivity contribution < 1.29 is 14.3 Å². The van der Waals surface area contributed by atoms with E-state index < -0.39 is 0 Å². The van der Waals surface area contributed by atoms with Gasteiger partial charge in [-0.1, -0.05) is 29.8 Å². The van der Waals surface area contributed by atoms with Gasteiger partial charge in [-0.25, -0.2) is 0 Å². The highest BCUT2D eigenvalue weighted by molar-refractivity contribution is 7.80. The van der Waals surface area contributed by atoms with Crippen molar-refractivity contribution in [1.29, 1.82) is 0 Å². The molecule has 1 saturated heterocycles. The van der Waals surface area contributed by atoms with Gasteiger partial charge in [0.2, 0.25) is 0 Å². The first-order valence-electron chi connectivity index (χ1n) is 10.4. The van der Waals surface area contributed by atoms with Gasteiger partial charge in [0, 0.05) is 23.9 Å². The van der Waals surface area contributed by atoms with Gasteiger partial charge in [-0.2, -0.15) is 5.10 Å². The summed E-state index contributed by atoms with van der Waals surface area (Å²) in [7, 11) is 1.60. The number of methoxy groups -OCH3 is 1. The molecule has 0 spiro atoms. The van der Waals surface area contributed by atoms with Gasteiger partial charge in [-0.15, -0.1) is 0 Å². The Morgan fingerprint density at radius 3 is 2.76 bits per heavy atom. The van der Waals surface area contributed by atoms with Gasteiger partial charge >= 0.3 is 0 Å². The molecule has 0 bridgehead atoms. The zero-order valence-electron chi connectivity index (χ0n) is 18.2. The first-order valence-corrected chi connectivity index (χ1v) is 11.2. The Labute approximate surface area is 202 Å². The summed E-state index contributed by atoms with van der Waals surface area (Å²) in [4.78, 5) is 14.5. The van der Waals surface area contributed by atoms with Crippen LogP contribution in [0.1, 0.15) is 23.6 Å². The zero-order chi connectivity index (χ0) is 23.4. The molecule has 1 fully saturated rings. The van der Waals surface area contributed by atoms with E-state index in [0.717, 1.165) is 23.2 Å². The molecule has 1 N–H and O–H groups in total. The number of hydrogen-bond acceptors (Lipinski definition) is 5. The average molecular weight is 483 g/mol. The topological polar surface area (TPSA) is 68.6 Å². The number of hydrogen-bond donors (Lipinski definition) is 1. The number of amides is 1. The second-order valence-electron chi connectivity index (χ2n) is 7.37. The molecule has 0 radical (unpaired) electrons. The van der Waals surface area contributed by atoms with E-state index in [4.69, 9.17) is 33.3 Å². The number of ether oxygens (including phenoxy) is 2. The number of benzene rings is 2. The molecule has 1 aromatic heterocycles. The normalized spacial score (nSPS) is 14.6. The summed E-state index contributed by atoms with van der Waals surface area (Å²) >= 11 is 11.6. The SMILES string of the molecule is CCn1cc(CN2C(=O)/C(=C\c3ccc(OC)c(COc4ccccc4Cl)c3)NC2=S)cn1. The number of carbonyl (C=O) groups excluding carboxylic acids is 1. The van der Waals surface area contributed by atoms with Crippen LogP contribution in [0.25, 0.3) is 6.08 Å². The molecular formula is C24H23ClN4O3S. The monoisotopic (exact) mass is 482 g/mol. The molecule has 2 aromatic carbocycles. The molecule has 1 aliphatic rings. The lowest BCUT2D eigenvalue weighted by Crippen LogP contribution is -2.29. The molecular weight excluding hydrogens is 460 g/mol. The smallest absolute Gasteiger partial charge is 0.276 e. The number of aryl methyl sites for hydroxylation is 1. The van der Waals surface area contributed by atoms with E-state index in [1.54, 1.807) is 25.4 Å². The fourth-order valence-electron chi connectivity index (χ4n) is 3.44. The predicted octanol–water partition coefficient (Wildman–Crippen LogP) is 4.40. The largest absolute Gasteiger partial charge is 0.496 e. The standard InChI is InChI=1S/C24H23ClN4O3S/c1-3-28-13-17(12-26-28)14-29-23(30)20(27-24(29)33)11-16-8-9-21(31-2)18(10-16)15-32-22-7-5-4-6-19(22)25/h4-13H,3,14-15H2,1-2H3,(H,27,33)/b20-11+. The van der Waals surface area contributed by atoms with Crippen LogP contribution in [0.5, 0.6) is 11.5 Å². The number of thiocarbonyl (C=S) groups is 1. The Kier molecular flexibility index (Phi) is 6.96. The summed E-state index contributed by atoms with van der Waals surface area (Å²) in [6, 6.07) is 12.9. The Morgan fingerprint density at radius 1 is 1.21 bits per heavy atom. The van der Waals surface area contributed by atoms with Crippen LogP contribution in [0.3, 0.4) is 0 Å². The third-order valence-corrected chi connectivity index (χ3v) is 5.78. The summed E-state index contributed by atoms with van der Waals surface area (Å²) in [5, 5.41) is 8.17. The van der Waals surface area contributed by atoms with Crippen molar-refractivity contribution in [3.8, 4) is 11.5 Å². The average Bonchev–Trinajstić information content (AvgIpc) is 3.38. The van der Waals surface area contributed by atoms with E-state index in [-0.39, 0.29) is 12.5 Å². The number of rotatable bonds is 8. The van der Waals surface area contributed by atoms with Crippen LogP contribution in [0.2, 0.25) is 5.02 Å². The number of nitrogens with zero attached hydrogens (tertiary/aromatic N) is 3. The van der Waals surface area contributed by atoms with Crippen LogP contribution in [-0.4, -0.2) is 32.8 Å². The molecule has 7 nitrogen and oxygen atoms in total. The molecule has 4 rings (SSSR count). The van der Waals surface area contributed by atoms with E-state index in [1.807, 2.05) is 54.2 Å². The van der Waals surface area contributed by atoms with Gasteiger partial charge in [0.1, 0.15) is 23.8 Å². The van der Waals surface area contributed by atoms with Crippen LogP contribution in [-0.2, 0) is 24.5 Å². The van der Waals surface area contributed by atoms with Crippen LogP contribution in [0, 0.1) is 0 Å². The molecule has 33 heavy (non-hydrogen) atoms. The number of halogens is 1. The number of para-hydroxylation sites is 1. The second kappa shape index (κ2) is 10.1. The molecule has 170 valence electrons. The summed E-state index contributed by atoms with van der Waals surface area (Å²) in [5.41, 5.74) is 2.96. The van der Waals surface area contributed by atoms with Crippen molar-refractivity contribution in [1.82, 2.24) is 20.0 Å². The maximum atomic E-state index is 13.0. The van der Waals surface area contributed by atoms with Crippen molar-refractivity contribution in [3.05, 3.63) is 82.3 Å². The lowest BCUT2D eigenvalue weighted by atomic mass is 10.1. The van der Waals surface area contributed by atoms with Crippen LogP contribution >= 0.6 is 23.8 Å². The highest BCUT2D eigenvalue weighted by atomic mass is 35.5. The lowest BCUT2D eigenvalue weighted by molar-refractivity contribution is -0.122. The molecule has 1 amide bonds. The summed E-state index contributed by atoms with van der Waals surface area (Å²) < 4.78 is 13.2. The molecule has 0 aliphatic carbocycles. The van der Waals surface area contributed by atoms with Gasteiger partial charge in [0.05, 0.1) is 24.9 Å². The summed E-state index contributed by atoms with van der Waals surface area (Å²) in [6.45, 7) is 3.40. The minimum absolute atomic E-state index is 0.186. The van der Waals surface area contributed by atoms with Gasteiger partial charge in [0.15, 0.2) is 5.11 Å². The molecule has 0 unspecified atom stereocenters. The molecule has 9 heteroatoms. The Bertz CT molecular complexity index is 1220. The summed E-state index contributed by atoms with van der Waals surface area (Å²) in [5.74, 6) is 1.08. The molecule has 0 saturated carbocycles. The highest BCUT2D eigenvalue weighted by Crippen LogP contribution is 2.27. The Hall–Kier alpha value is -3.36. The van der Waals surface area contributed by atoms with Gasteiger partial charge < -0.3 is 14.8 Å². The second-order valence-corrected chi connectivity index (χ2v) is 8.17. The highest BCUT2D eigenvalue weighted by Gasteiger charge is 2.31. The first-order chi connectivity index (χ1) is 16.0. The Morgan fingerprint density at radius 2 is 2.03 bits per heavy atom. The van der Waals surface area contributed by atoms with Gasteiger partial charge in [0.25, 0.3) is 5.91 Å². The molecule has 0 atom stereocenters. The van der Waals surface area contributed by atoms with E-state index >= 15 is 0 Å². The van der Waals surface area contributed by atoms with Crippen LogP contribution in [0.4, 0.5) is 0 Å². The van der Waals surface area contributed by atoms with E-state index in [9.17, 15) is 4.79 Å². The quantitative estimate of drug-likeness (QED) is 0.379. The fourth-order valence-corrected chi connectivity index (χ4v) is 3.89. The third kappa shape index (κ3) is 5.18.